The molecule has 1 saturated heterocycles. The Morgan fingerprint density at radius 1 is 1.32 bits per heavy atom. The quantitative estimate of drug-likeness (QED) is 0.607. The van der Waals surface area contributed by atoms with Crippen LogP contribution in [-0.2, 0) is 16.6 Å². The maximum Gasteiger partial charge on any atom is 0.308 e. The summed E-state index contributed by atoms with van der Waals surface area (Å²) in [7, 11) is 0. The molecule has 3 fully saturated rings. The topological polar surface area (TPSA) is 79.2 Å². The van der Waals surface area contributed by atoms with Crippen LogP contribution in [0.3, 0.4) is 0 Å². The largest absolute Gasteiger partial charge is 0.482 e. The average Bonchev–Trinajstić information content (AvgIpc) is 3.38. The molecule has 0 aromatic heterocycles. The normalized spacial score (nSPS) is 40.6. The molecule has 0 amide bonds. The Hall–Kier alpha value is -1.63. The smallest absolute Gasteiger partial charge is 0.308 e. The van der Waals surface area contributed by atoms with Gasteiger partial charge in [0.1, 0.15) is 6.10 Å². The van der Waals surface area contributed by atoms with Crippen LogP contribution in [0.2, 0.25) is 0 Å². The third kappa shape index (κ3) is 2.01. The molecule has 0 radical (unpaired) electrons. The lowest BCUT2D eigenvalue weighted by atomic mass is 9.48. The van der Waals surface area contributed by atoms with E-state index < -0.39 is 29.2 Å². The second-order valence-corrected chi connectivity index (χ2v) is 9.47. The zero-order chi connectivity index (χ0) is 19.3. The van der Waals surface area contributed by atoms with Crippen LogP contribution < -0.4 is 9.47 Å². The molecule has 2 saturated carbocycles. The number of carbonyl (C=O) groups excluding carboxylic acids is 1. The Kier molecular flexibility index (Phi) is 3.38. The first kappa shape index (κ1) is 17.2. The molecule has 6 nitrogen and oxygen atoms in total. The number of carbonyl (C=O) groups is 1. The minimum atomic E-state index is -0.920. The predicted octanol–water partition coefficient (Wildman–Crippen LogP) is 1.54. The molecule has 5 atom stereocenters. The predicted molar refractivity (Wildman–Crippen MR) is 100 cm³/mol. The lowest BCUT2D eigenvalue weighted by Gasteiger charge is -2.63. The summed E-state index contributed by atoms with van der Waals surface area (Å²) < 4.78 is 11.7. The molecular weight excluding hydrogens is 358 g/mol. The van der Waals surface area contributed by atoms with Crippen LogP contribution in [0.5, 0.6) is 11.5 Å². The van der Waals surface area contributed by atoms with Gasteiger partial charge in [-0.25, -0.2) is 0 Å². The summed E-state index contributed by atoms with van der Waals surface area (Å²) in [6.45, 7) is 3.35. The summed E-state index contributed by atoms with van der Waals surface area (Å²) in [4.78, 5) is 14.1. The summed E-state index contributed by atoms with van der Waals surface area (Å²) in [5.41, 5.74) is 0.614. The van der Waals surface area contributed by atoms with Crippen molar-refractivity contribution in [2.75, 3.05) is 13.1 Å². The third-order valence-corrected chi connectivity index (χ3v) is 7.97. The average molecular weight is 385 g/mol. The number of piperidine rings is 1. The number of benzene rings is 1. The molecule has 2 N–H and O–H groups in total. The van der Waals surface area contributed by atoms with Gasteiger partial charge in [0.15, 0.2) is 11.5 Å². The lowest BCUT2D eigenvalue weighted by Crippen LogP contribution is -2.77. The van der Waals surface area contributed by atoms with Crippen molar-refractivity contribution in [3.05, 3.63) is 23.3 Å². The van der Waals surface area contributed by atoms with Crippen molar-refractivity contribution < 1.29 is 24.5 Å². The highest BCUT2D eigenvalue weighted by molar-refractivity contribution is 5.72. The fraction of sp³-hybridized carbons (Fsp3) is 0.682. The summed E-state index contributed by atoms with van der Waals surface area (Å²) in [5.74, 6) is 1.34. The minimum Gasteiger partial charge on any atom is -0.482 e. The number of likely N-dealkylation sites (tertiary alicyclic amines) is 1. The standard InChI is InChI=1S/C22H27NO5/c1-12(24)27-16-5-4-14-10-17-22(26)7-6-15(25)20-21(22,18(14)19(16)28-20)8-9-23(17)11-13-2-3-13/h4-5,13,15,17,20,25-26H,2-3,6-11H2,1H3/t15?,17-,20+,21+,22-/m1/s1. The fourth-order valence-corrected chi connectivity index (χ4v) is 6.68. The molecule has 6 rings (SSSR count). The minimum absolute atomic E-state index is 0.0541. The van der Waals surface area contributed by atoms with E-state index in [1.165, 1.54) is 19.8 Å². The van der Waals surface area contributed by atoms with Crippen LogP contribution in [0.4, 0.5) is 0 Å². The van der Waals surface area contributed by atoms with Crippen LogP contribution in [0.15, 0.2) is 12.1 Å². The summed E-state index contributed by atoms with van der Waals surface area (Å²) in [6.07, 6.45) is 4.13. The zero-order valence-electron chi connectivity index (χ0n) is 16.2. The van der Waals surface area contributed by atoms with Crippen molar-refractivity contribution in [3.63, 3.8) is 0 Å². The van der Waals surface area contributed by atoms with Gasteiger partial charge in [0.25, 0.3) is 0 Å². The first-order chi connectivity index (χ1) is 13.4. The van der Waals surface area contributed by atoms with E-state index in [9.17, 15) is 15.0 Å². The molecule has 6 heteroatoms. The van der Waals surface area contributed by atoms with E-state index in [1.807, 2.05) is 6.07 Å². The molecule has 3 aliphatic carbocycles. The van der Waals surface area contributed by atoms with Gasteiger partial charge in [0, 0.05) is 25.1 Å². The monoisotopic (exact) mass is 385 g/mol. The van der Waals surface area contributed by atoms with Gasteiger partial charge in [-0.3, -0.25) is 9.69 Å². The molecule has 1 aromatic rings. The van der Waals surface area contributed by atoms with Gasteiger partial charge < -0.3 is 19.7 Å². The van der Waals surface area contributed by atoms with Gasteiger partial charge in [-0.2, -0.15) is 0 Å². The molecule has 1 aromatic carbocycles. The molecule has 1 unspecified atom stereocenters. The highest BCUT2D eigenvalue weighted by atomic mass is 16.6. The van der Waals surface area contributed by atoms with E-state index in [-0.39, 0.29) is 6.04 Å². The number of hydrogen-bond acceptors (Lipinski definition) is 6. The molecule has 2 aliphatic heterocycles. The van der Waals surface area contributed by atoms with Crippen molar-refractivity contribution in [1.82, 2.24) is 4.90 Å². The van der Waals surface area contributed by atoms with E-state index in [2.05, 4.69) is 4.90 Å². The number of nitrogens with zero attached hydrogens (tertiary/aromatic N) is 1. The van der Waals surface area contributed by atoms with Crippen LogP contribution in [0, 0.1) is 5.92 Å². The molecule has 5 aliphatic rings. The molecule has 150 valence electrons. The second kappa shape index (κ2) is 5.49. The van der Waals surface area contributed by atoms with Crippen LogP contribution >= 0.6 is 0 Å². The Labute approximate surface area is 164 Å². The van der Waals surface area contributed by atoms with Gasteiger partial charge >= 0.3 is 5.97 Å². The van der Waals surface area contributed by atoms with Gasteiger partial charge in [0.2, 0.25) is 0 Å². The Balaban J connectivity index is 1.53. The van der Waals surface area contributed by atoms with Crippen molar-refractivity contribution in [3.8, 4) is 11.5 Å². The van der Waals surface area contributed by atoms with Gasteiger partial charge in [-0.15, -0.1) is 0 Å². The molecule has 1 spiro atoms. The first-order valence-corrected chi connectivity index (χ1v) is 10.6. The van der Waals surface area contributed by atoms with Gasteiger partial charge in [0.05, 0.1) is 17.1 Å². The van der Waals surface area contributed by atoms with Crippen LogP contribution in [0.25, 0.3) is 0 Å². The highest BCUT2D eigenvalue weighted by Gasteiger charge is 2.73. The SMILES string of the molecule is CC(=O)Oc1ccc2c3c1O[C@H]1C(O)CC[C@@]4(O)[C@@H](C2)N(CC2CC2)CC[C@]314. The number of esters is 1. The van der Waals surface area contributed by atoms with Gasteiger partial charge in [-0.1, -0.05) is 6.07 Å². The van der Waals surface area contributed by atoms with E-state index in [4.69, 9.17) is 9.47 Å². The lowest BCUT2D eigenvalue weighted by molar-refractivity contribution is -0.208. The number of aliphatic hydroxyl groups is 2. The first-order valence-electron chi connectivity index (χ1n) is 10.6. The Morgan fingerprint density at radius 3 is 2.89 bits per heavy atom. The van der Waals surface area contributed by atoms with E-state index in [1.54, 1.807) is 6.07 Å². The van der Waals surface area contributed by atoms with Crippen LogP contribution in [0.1, 0.15) is 50.2 Å². The fourth-order valence-electron chi connectivity index (χ4n) is 6.68. The van der Waals surface area contributed by atoms with Crippen LogP contribution in [-0.4, -0.2) is 58.0 Å². The molecule has 2 bridgehead atoms. The van der Waals surface area contributed by atoms with E-state index >= 15 is 0 Å². The zero-order valence-corrected chi connectivity index (χ0v) is 16.2. The molecule has 28 heavy (non-hydrogen) atoms. The third-order valence-electron chi connectivity index (χ3n) is 7.97. The second-order valence-electron chi connectivity index (χ2n) is 9.47. The number of aliphatic hydroxyl groups excluding tert-OH is 1. The van der Waals surface area contributed by atoms with E-state index in [0.29, 0.717) is 24.3 Å². The maximum absolute atomic E-state index is 12.2. The Morgan fingerprint density at radius 2 is 2.14 bits per heavy atom. The molecular formula is C22H27NO5. The highest BCUT2D eigenvalue weighted by Crippen LogP contribution is 2.65. The van der Waals surface area contributed by atoms with E-state index in [0.717, 1.165) is 43.0 Å². The summed E-state index contributed by atoms with van der Waals surface area (Å²) in [6, 6.07) is 3.89. The Bertz CT molecular complexity index is 867. The summed E-state index contributed by atoms with van der Waals surface area (Å²) in [5, 5.41) is 23.0. The number of hydrogen-bond donors (Lipinski definition) is 2. The van der Waals surface area contributed by atoms with Crippen molar-refractivity contribution in [1.29, 1.82) is 0 Å². The molecule has 2 heterocycles. The number of rotatable bonds is 3. The maximum atomic E-state index is 12.2. The number of ether oxygens (including phenoxy) is 2. The van der Waals surface area contributed by atoms with Crippen molar-refractivity contribution in [2.24, 2.45) is 5.92 Å². The van der Waals surface area contributed by atoms with Crippen molar-refractivity contribution in [2.45, 2.75) is 74.7 Å². The van der Waals surface area contributed by atoms with Gasteiger partial charge in [-0.05, 0) is 62.6 Å². The summed E-state index contributed by atoms with van der Waals surface area (Å²) >= 11 is 0. The van der Waals surface area contributed by atoms with Crippen molar-refractivity contribution >= 4 is 5.97 Å².